The van der Waals surface area contributed by atoms with E-state index >= 15 is 0 Å². The fraction of sp³-hybridized carbons (Fsp3) is 0.833. The van der Waals surface area contributed by atoms with Crippen LogP contribution in [0, 0.1) is 5.92 Å². The van der Waals surface area contributed by atoms with E-state index in [1.54, 1.807) is 0 Å². The number of urea groups is 1. The molecule has 0 aromatic carbocycles. The average Bonchev–Trinajstić information content (AvgIpc) is 2.36. The molecule has 1 fully saturated rings. The minimum atomic E-state index is -0.650. The van der Waals surface area contributed by atoms with Gasteiger partial charge in [-0.3, -0.25) is 4.79 Å². The molecule has 0 bridgehead atoms. The Morgan fingerprint density at radius 1 is 1.50 bits per heavy atom. The molecule has 1 heterocycles. The Bertz CT molecular complexity index is 277. The highest BCUT2D eigenvalue weighted by Gasteiger charge is 2.20. The van der Waals surface area contributed by atoms with Crippen LogP contribution in [-0.4, -0.2) is 37.6 Å². The topological polar surface area (TPSA) is 96.2 Å². The van der Waals surface area contributed by atoms with Gasteiger partial charge in [0.05, 0.1) is 0 Å². The zero-order valence-electron chi connectivity index (χ0n) is 11.0. The van der Waals surface area contributed by atoms with Crippen LogP contribution in [0.4, 0.5) is 4.79 Å². The molecule has 5 N–H and O–H groups in total. The fourth-order valence-electron chi connectivity index (χ4n) is 2.20. The molecule has 1 unspecified atom stereocenters. The van der Waals surface area contributed by atoms with Crippen LogP contribution in [0.15, 0.2) is 0 Å². The van der Waals surface area contributed by atoms with Crippen LogP contribution in [-0.2, 0) is 4.79 Å². The Balaban J connectivity index is 2.32. The van der Waals surface area contributed by atoms with Gasteiger partial charge in [-0.2, -0.15) is 0 Å². The maximum Gasteiger partial charge on any atom is 0.312 e. The number of carbonyl (C=O) groups is 2. The first-order chi connectivity index (χ1) is 8.63. The quantitative estimate of drug-likeness (QED) is 0.536. The predicted octanol–water partition coefficient (Wildman–Crippen LogP) is -0.0608. The predicted molar refractivity (Wildman–Crippen MR) is 70.0 cm³/mol. The van der Waals surface area contributed by atoms with Crippen molar-refractivity contribution >= 4 is 11.9 Å². The molecular weight excluding hydrogens is 232 g/mol. The molecule has 0 aliphatic carbocycles. The Morgan fingerprint density at radius 2 is 2.28 bits per heavy atom. The summed E-state index contributed by atoms with van der Waals surface area (Å²) in [7, 11) is 0. The first kappa shape index (κ1) is 14.8. The van der Waals surface area contributed by atoms with E-state index in [0.717, 1.165) is 32.4 Å². The number of nitrogens with one attached hydrogen (secondary N) is 3. The van der Waals surface area contributed by atoms with Crippen molar-refractivity contribution in [2.45, 2.75) is 38.6 Å². The van der Waals surface area contributed by atoms with Crippen LogP contribution in [0.5, 0.6) is 0 Å². The second-order valence-corrected chi connectivity index (χ2v) is 4.81. The van der Waals surface area contributed by atoms with Gasteiger partial charge in [-0.25, -0.2) is 4.79 Å². The van der Waals surface area contributed by atoms with E-state index in [9.17, 15) is 9.59 Å². The molecule has 0 aromatic heterocycles. The van der Waals surface area contributed by atoms with Crippen molar-refractivity contribution in [1.29, 1.82) is 0 Å². The van der Waals surface area contributed by atoms with Gasteiger partial charge in [0.15, 0.2) is 0 Å². The fourth-order valence-corrected chi connectivity index (χ4v) is 2.20. The number of carbonyl (C=O) groups excluding carboxylic acids is 2. The molecule has 1 aliphatic rings. The minimum absolute atomic E-state index is 0.138. The number of hydrogen-bond acceptors (Lipinski definition) is 3. The highest BCUT2D eigenvalue weighted by Crippen LogP contribution is 2.08. The Hall–Kier alpha value is -1.30. The Kier molecular flexibility index (Phi) is 6.49. The molecule has 0 saturated carbocycles. The number of piperidine rings is 1. The lowest BCUT2D eigenvalue weighted by Crippen LogP contribution is -2.50. The summed E-state index contributed by atoms with van der Waals surface area (Å²) in [5, 5.41) is 8.68. The van der Waals surface area contributed by atoms with Gasteiger partial charge in [0.2, 0.25) is 5.91 Å². The third-order valence-corrected chi connectivity index (χ3v) is 3.17. The molecule has 3 amide bonds. The first-order valence-corrected chi connectivity index (χ1v) is 6.68. The molecule has 1 saturated heterocycles. The zero-order chi connectivity index (χ0) is 13.4. The van der Waals surface area contributed by atoms with Gasteiger partial charge in [-0.15, -0.1) is 0 Å². The molecule has 0 aromatic rings. The van der Waals surface area contributed by atoms with E-state index < -0.39 is 12.1 Å². The van der Waals surface area contributed by atoms with E-state index in [2.05, 4.69) is 16.0 Å². The van der Waals surface area contributed by atoms with Crippen molar-refractivity contribution in [3.63, 3.8) is 0 Å². The summed E-state index contributed by atoms with van der Waals surface area (Å²) in [5.41, 5.74) is 5.06. The normalized spacial score (nSPS) is 21.1. The summed E-state index contributed by atoms with van der Waals surface area (Å²) in [6.45, 7) is 4.63. The lowest BCUT2D eigenvalue weighted by atomic mass is 9.99. The molecule has 104 valence electrons. The SMILES string of the molecule is CCC[C@@H](NC(N)=O)C(=O)NCC1CCCNC1. The maximum absolute atomic E-state index is 11.9. The molecule has 2 atom stereocenters. The van der Waals surface area contributed by atoms with Crippen LogP contribution < -0.4 is 21.7 Å². The smallest absolute Gasteiger partial charge is 0.312 e. The van der Waals surface area contributed by atoms with Crippen molar-refractivity contribution in [3.05, 3.63) is 0 Å². The standard InChI is InChI=1S/C12H24N4O2/c1-2-4-10(16-12(13)18)11(17)15-8-9-5-3-6-14-7-9/h9-10,14H,2-8H2,1H3,(H,15,17)(H3,13,16,18)/t9?,10-/m1/s1. The number of amides is 3. The summed E-state index contributed by atoms with van der Waals surface area (Å²) in [6.07, 6.45) is 3.72. The molecule has 1 aliphatic heterocycles. The van der Waals surface area contributed by atoms with Crippen molar-refractivity contribution in [3.8, 4) is 0 Å². The van der Waals surface area contributed by atoms with Gasteiger partial charge < -0.3 is 21.7 Å². The van der Waals surface area contributed by atoms with Crippen molar-refractivity contribution < 1.29 is 9.59 Å². The minimum Gasteiger partial charge on any atom is -0.354 e. The number of nitrogens with two attached hydrogens (primary N) is 1. The van der Waals surface area contributed by atoms with Crippen LogP contribution >= 0.6 is 0 Å². The van der Waals surface area contributed by atoms with Gasteiger partial charge >= 0.3 is 6.03 Å². The van der Waals surface area contributed by atoms with E-state index in [0.29, 0.717) is 18.9 Å². The van der Waals surface area contributed by atoms with Crippen molar-refractivity contribution in [2.75, 3.05) is 19.6 Å². The largest absolute Gasteiger partial charge is 0.354 e. The average molecular weight is 256 g/mol. The molecule has 0 radical (unpaired) electrons. The lowest BCUT2D eigenvalue weighted by molar-refractivity contribution is -0.123. The lowest BCUT2D eigenvalue weighted by Gasteiger charge is -2.24. The van der Waals surface area contributed by atoms with Crippen LogP contribution in [0.1, 0.15) is 32.6 Å². The summed E-state index contributed by atoms with van der Waals surface area (Å²) < 4.78 is 0. The van der Waals surface area contributed by atoms with Crippen molar-refractivity contribution in [2.24, 2.45) is 11.7 Å². The highest BCUT2D eigenvalue weighted by atomic mass is 16.2. The molecule has 0 spiro atoms. The molecule has 1 rings (SSSR count). The Labute approximate surface area is 108 Å². The van der Waals surface area contributed by atoms with Crippen LogP contribution in [0.25, 0.3) is 0 Å². The maximum atomic E-state index is 11.9. The van der Waals surface area contributed by atoms with Gasteiger partial charge in [0.25, 0.3) is 0 Å². The summed E-state index contributed by atoms with van der Waals surface area (Å²) in [4.78, 5) is 22.7. The van der Waals surface area contributed by atoms with Crippen LogP contribution in [0.2, 0.25) is 0 Å². The second-order valence-electron chi connectivity index (χ2n) is 4.81. The molecule has 18 heavy (non-hydrogen) atoms. The molecule has 6 nitrogen and oxygen atoms in total. The van der Waals surface area contributed by atoms with Gasteiger partial charge in [-0.1, -0.05) is 13.3 Å². The second kappa shape index (κ2) is 7.92. The summed E-state index contributed by atoms with van der Waals surface area (Å²) in [6, 6.07) is -1.16. The highest BCUT2D eigenvalue weighted by molar-refractivity contribution is 5.86. The van der Waals surface area contributed by atoms with E-state index in [-0.39, 0.29) is 5.91 Å². The third-order valence-electron chi connectivity index (χ3n) is 3.17. The van der Waals surface area contributed by atoms with Gasteiger partial charge in [0, 0.05) is 6.54 Å². The first-order valence-electron chi connectivity index (χ1n) is 6.68. The summed E-state index contributed by atoms with van der Waals surface area (Å²) in [5.74, 6) is 0.347. The number of rotatable bonds is 6. The van der Waals surface area contributed by atoms with Crippen molar-refractivity contribution in [1.82, 2.24) is 16.0 Å². The molecular formula is C12H24N4O2. The van der Waals surface area contributed by atoms with Crippen LogP contribution in [0.3, 0.4) is 0 Å². The monoisotopic (exact) mass is 256 g/mol. The molecule has 6 heteroatoms. The number of hydrogen-bond donors (Lipinski definition) is 4. The summed E-state index contributed by atoms with van der Waals surface area (Å²) >= 11 is 0. The van der Waals surface area contributed by atoms with E-state index in [1.165, 1.54) is 0 Å². The van der Waals surface area contributed by atoms with E-state index in [1.807, 2.05) is 6.92 Å². The Morgan fingerprint density at radius 3 is 2.83 bits per heavy atom. The number of primary amides is 1. The third kappa shape index (κ3) is 5.35. The zero-order valence-corrected chi connectivity index (χ0v) is 11.0. The van der Waals surface area contributed by atoms with E-state index in [4.69, 9.17) is 5.73 Å². The van der Waals surface area contributed by atoms with Gasteiger partial charge in [0.1, 0.15) is 6.04 Å². The van der Waals surface area contributed by atoms with Gasteiger partial charge in [-0.05, 0) is 38.3 Å².